The van der Waals surface area contributed by atoms with Crippen molar-refractivity contribution in [1.29, 1.82) is 0 Å². The number of ether oxygens (including phenoxy) is 1. The van der Waals surface area contributed by atoms with E-state index in [4.69, 9.17) is 4.74 Å². The molecule has 1 aliphatic carbocycles. The molecule has 188 valence electrons. The summed E-state index contributed by atoms with van der Waals surface area (Å²) in [5.74, 6) is -2.05. The maximum atomic E-state index is 14.2. The molecule has 3 heterocycles. The Morgan fingerprint density at radius 2 is 1.88 bits per heavy atom. The van der Waals surface area contributed by atoms with Crippen LogP contribution in [0.3, 0.4) is 0 Å². The van der Waals surface area contributed by atoms with E-state index in [-0.39, 0.29) is 41.7 Å². The number of alkyl halides is 1. The normalized spacial score (nSPS) is 34.7. The van der Waals surface area contributed by atoms with Crippen LogP contribution in [0, 0.1) is 11.8 Å². The second kappa shape index (κ2) is 10.1. The van der Waals surface area contributed by atoms with E-state index in [1.165, 1.54) is 4.90 Å². The van der Waals surface area contributed by atoms with E-state index in [0.29, 0.717) is 19.5 Å². The Hall–Kier alpha value is -1.71. The highest BCUT2D eigenvalue weighted by Gasteiger charge is 2.76. The summed E-state index contributed by atoms with van der Waals surface area (Å²) in [5, 5.41) is 9.78. The Morgan fingerprint density at radius 1 is 1.21 bits per heavy atom. The number of hydrogen-bond acceptors (Lipinski definition) is 5. The lowest BCUT2D eigenvalue weighted by atomic mass is 9.70. The SMILES string of the molecule is C=CCN(C)C(=O)[C@H]1[C@H]2C(=O)N(CCO)C(C(=O)N(CC=C)C3CCCCC3)C23CC(Br)[C@@H]1O3. The molecule has 2 bridgehead atoms. The molecular weight excluding hydrogens is 502 g/mol. The van der Waals surface area contributed by atoms with Crippen LogP contribution in [-0.4, -0.2) is 99.4 Å². The topological polar surface area (TPSA) is 90.4 Å². The Labute approximate surface area is 210 Å². The summed E-state index contributed by atoms with van der Waals surface area (Å²) < 4.78 is 6.52. The summed E-state index contributed by atoms with van der Waals surface area (Å²) in [7, 11) is 1.69. The molecule has 1 N–H and O–H groups in total. The second-order valence-electron chi connectivity index (χ2n) is 10.00. The van der Waals surface area contributed by atoms with Crippen LogP contribution in [0.1, 0.15) is 38.5 Å². The van der Waals surface area contributed by atoms with Gasteiger partial charge in [-0.15, -0.1) is 13.2 Å². The second-order valence-corrected chi connectivity index (χ2v) is 11.2. The first-order chi connectivity index (χ1) is 16.3. The van der Waals surface area contributed by atoms with Crippen molar-refractivity contribution >= 4 is 33.7 Å². The molecule has 4 aliphatic rings. The van der Waals surface area contributed by atoms with Crippen molar-refractivity contribution in [3.8, 4) is 0 Å². The van der Waals surface area contributed by atoms with Crippen LogP contribution in [0.4, 0.5) is 0 Å². The summed E-state index contributed by atoms with van der Waals surface area (Å²) in [6.45, 7) is 8.10. The number of nitrogens with zero attached hydrogens (tertiary/aromatic N) is 3. The molecule has 1 spiro atoms. The van der Waals surface area contributed by atoms with Crippen molar-refractivity contribution in [3.63, 3.8) is 0 Å². The number of aliphatic hydroxyl groups is 1. The Bertz CT molecular complexity index is 846. The minimum Gasteiger partial charge on any atom is -0.395 e. The Morgan fingerprint density at radius 3 is 2.50 bits per heavy atom. The van der Waals surface area contributed by atoms with E-state index in [1.807, 2.05) is 4.90 Å². The summed E-state index contributed by atoms with van der Waals surface area (Å²) >= 11 is 3.69. The van der Waals surface area contributed by atoms with Gasteiger partial charge < -0.3 is 24.5 Å². The van der Waals surface area contributed by atoms with E-state index >= 15 is 0 Å². The third-order valence-corrected chi connectivity index (χ3v) is 8.90. The first kappa shape index (κ1) is 25.4. The Kier molecular flexibility index (Phi) is 7.55. The maximum absolute atomic E-state index is 14.2. The minimum absolute atomic E-state index is 0.0322. The van der Waals surface area contributed by atoms with Gasteiger partial charge in [0.1, 0.15) is 11.6 Å². The Balaban J connectivity index is 1.73. The van der Waals surface area contributed by atoms with E-state index in [0.717, 1.165) is 32.1 Å². The first-order valence-electron chi connectivity index (χ1n) is 12.3. The fourth-order valence-corrected chi connectivity index (χ4v) is 7.63. The van der Waals surface area contributed by atoms with Gasteiger partial charge in [-0.25, -0.2) is 0 Å². The lowest BCUT2D eigenvalue weighted by Crippen LogP contribution is -2.59. The van der Waals surface area contributed by atoms with Crippen LogP contribution >= 0.6 is 15.9 Å². The number of hydrogen-bond donors (Lipinski definition) is 1. The van der Waals surface area contributed by atoms with Crippen molar-refractivity contribution in [2.24, 2.45) is 11.8 Å². The third-order valence-electron chi connectivity index (χ3n) is 8.05. The third kappa shape index (κ3) is 3.93. The van der Waals surface area contributed by atoms with Crippen molar-refractivity contribution in [2.45, 2.75) is 67.1 Å². The highest BCUT2D eigenvalue weighted by atomic mass is 79.9. The summed E-state index contributed by atoms with van der Waals surface area (Å²) in [6.07, 6.45) is 8.50. The fourth-order valence-electron chi connectivity index (χ4n) is 6.69. The average molecular weight is 538 g/mol. The smallest absolute Gasteiger partial charge is 0.248 e. The van der Waals surface area contributed by atoms with E-state index < -0.39 is 29.6 Å². The van der Waals surface area contributed by atoms with Crippen LogP contribution in [0.5, 0.6) is 0 Å². The van der Waals surface area contributed by atoms with Gasteiger partial charge in [-0.2, -0.15) is 0 Å². The number of aliphatic hydroxyl groups excluding tert-OH is 1. The van der Waals surface area contributed by atoms with Crippen LogP contribution in [0.15, 0.2) is 25.3 Å². The van der Waals surface area contributed by atoms with Gasteiger partial charge in [0, 0.05) is 37.6 Å². The van der Waals surface area contributed by atoms with Gasteiger partial charge in [0.15, 0.2) is 0 Å². The van der Waals surface area contributed by atoms with Gasteiger partial charge in [-0.05, 0) is 19.3 Å². The summed E-state index contributed by atoms with van der Waals surface area (Å²) in [6, 6.07) is -0.776. The number of halogens is 1. The van der Waals surface area contributed by atoms with E-state index in [9.17, 15) is 19.5 Å². The van der Waals surface area contributed by atoms with Crippen molar-refractivity contribution < 1.29 is 24.2 Å². The summed E-state index contributed by atoms with van der Waals surface area (Å²) in [5.41, 5.74) is -1.09. The zero-order valence-corrected chi connectivity index (χ0v) is 21.5. The van der Waals surface area contributed by atoms with Gasteiger partial charge in [0.25, 0.3) is 0 Å². The van der Waals surface area contributed by atoms with Crippen molar-refractivity contribution in [2.75, 3.05) is 33.3 Å². The number of fused-ring (bicyclic) bond motifs is 1. The molecule has 4 rings (SSSR count). The molecule has 0 aromatic carbocycles. The molecule has 0 radical (unpaired) electrons. The molecule has 4 fully saturated rings. The highest BCUT2D eigenvalue weighted by Crippen LogP contribution is 2.60. The quantitative estimate of drug-likeness (QED) is 0.357. The van der Waals surface area contributed by atoms with E-state index in [1.54, 1.807) is 24.1 Å². The van der Waals surface area contributed by atoms with Crippen molar-refractivity contribution in [3.05, 3.63) is 25.3 Å². The van der Waals surface area contributed by atoms with Crippen LogP contribution < -0.4 is 0 Å². The summed E-state index contributed by atoms with van der Waals surface area (Å²) in [4.78, 5) is 46.1. The van der Waals surface area contributed by atoms with Crippen LogP contribution in [-0.2, 0) is 19.1 Å². The molecule has 8 nitrogen and oxygen atoms in total. The molecule has 3 unspecified atom stereocenters. The number of amides is 3. The van der Waals surface area contributed by atoms with Gasteiger partial charge in [-0.1, -0.05) is 47.3 Å². The molecule has 0 aromatic rings. The number of β-amino-alcohol motifs (C(OH)–C–C–N with tert-alkyl or cyclic N) is 1. The molecule has 6 atom stereocenters. The molecule has 1 saturated carbocycles. The van der Waals surface area contributed by atoms with Crippen molar-refractivity contribution in [1.82, 2.24) is 14.7 Å². The van der Waals surface area contributed by atoms with Gasteiger partial charge in [0.05, 0.1) is 24.5 Å². The number of carbonyl (C=O) groups excluding carboxylic acids is 3. The molecule has 34 heavy (non-hydrogen) atoms. The fraction of sp³-hybridized carbons (Fsp3) is 0.720. The standard InChI is InChI=1S/C25H36BrN3O5/c1-4-11-27(3)22(31)18-19-23(32)29(13-14-30)21(25(19)15-17(26)20(18)34-25)24(33)28(12-5-2)16-9-7-6-8-10-16/h4-5,16-21,30H,1-2,6-15H2,3H3/t17?,18-,19-,20-,21?,25?/m0/s1. The molecular formula is C25H36BrN3O5. The van der Waals surface area contributed by atoms with Gasteiger partial charge in [0.2, 0.25) is 17.7 Å². The minimum atomic E-state index is -1.09. The molecule has 3 saturated heterocycles. The lowest BCUT2D eigenvalue weighted by molar-refractivity contribution is -0.150. The monoisotopic (exact) mass is 537 g/mol. The highest BCUT2D eigenvalue weighted by molar-refractivity contribution is 9.09. The van der Waals surface area contributed by atoms with Crippen LogP contribution in [0.2, 0.25) is 0 Å². The zero-order valence-electron chi connectivity index (χ0n) is 19.9. The average Bonchev–Trinajstić information content (AvgIpc) is 3.41. The zero-order chi connectivity index (χ0) is 24.6. The van der Waals surface area contributed by atoms with Gasteiger partial charge in [-0.3, -0.25) is 14.4 Å². The largest absolute Gasteiger partial charge is 0.395 e. The predicted octanol–water partition coefficient (Wildman–Crippen LogP) is 1.72. The molecule has 3 aliphatic heterocycles. The molecule has 9 heteroatoms. The van der Waals surface area contributed by atoms with E-state index in [2.05, 4.69) is 29.1 Å². The first-order valence-corrected chi connectivity index (χ1v) is 13.2. The number of likely N-dealkylation sites (N-methyl/N-ethyl adjacent to an activating group) is 1. The molecule has 3 amide bonds. The molecule has 0 aromatic heterocycles. The maximum Gasteiger partial charge on any atom is 0.248 e. The number of rotatable bonds is 9. The predicted molar refractivity (Wildman–Crippen MR) is 131 cm³/mol. The lowest BCUT2D eigenvalue weighted by Gasteiger charge is -2.40. The van der Waals surface area contributed by atoms with Crippen LogP contribution in [0.25, 0.3) is 0 Å². The van der Waals surface area contributed by atoms with Gasteiger partial charge >= 0.3 is 0 Å². The number of likely N-dealkylation sites (tertiary alicyclic amines) is 1. The number of carbonyl (C=O) groups is 3.